The second kappa shape index (κ2) is 7.98. The Bertz CT molecular complexity index is 1160. The van der Waals surface area contributed by atoms with Crippen molar-refractivity contribution in [2.75, 3.05) is 20.2 Å². The Kier molecular flexibility index (Phi) is 5.22. The second-order valence-electron chi connectivity index (χ2n) is 7.28. The van der Waals surface area contributed by atoms with Crippen LogP contribution in [-0.4, -0.2) is 46.7 Å². The van der Waals surface area contributed by atoms with Gasteiger partial charge in [0.1, 0.15) is 5.75 Å². The van der Waals surface area contributed by atoms with Gasteiger partial charge >= 0.3 is 0 Å². The minimum atomic E-state index is -0.335. The van der Waals surface area contributed by atoms with E-state index in [1.165, 1.54) is 4.68 Å². The minimum absolute atomic E-state index is 0.207. The number of hydrogen-bond donors (Lipinski definition) is 1. The van der Waals surface area contributed by atoms with Gasteiger partial charge in [-0.2, -0.15) is 9.78 Å². The average molecular weight is 406 g/mol. The van der Waals surface area contributed by atoms with Crippen LogP contribution in [0.4, 0.5) is 0 Å². The van der Waals surface area contributed by atoms with E-state index in [0.29, 0.717) is 48.1 Å². The van der Waals surface area contributed by atoms with Gasteiger partial charge in [-0.25, -0.2) is 0 Å². The summed E-state index contributed by atoms with van der Waals surface area (Å²) in [6.07, 6.45) is 1.05. The van der Waals surface area contributed by atoms with E-state index in [1.54, 1.807) is 60.5 Å². The molecule has 0 atom stereocenters. The van der Waals surface area contributed by atoms with E-state index in [4.69, 9.17) is 10.5 Å². The maximum absolute atomic E-state index is 13.3. The fourth-order valence-electron chi connectivity index (χ4n) is 3.76. The lowest BCUT2D eigenvalue weighted by atomic mass is 9.96. The molecular weight excluding hydrogens is 384 g/mol. The number of benzene rings is 2. The molecule has 2 N–H and O–H groups in total. The molecular formula is C22H22N4O4. The lowest BCUT2D eigenvalue weighted by Gasteiger charge is -2.30. The van der Waals surface area contributed by atoms with Crippen molar-refractivity contribution in [3.8, 4) is 11.4 Å². The van der Waals surface area contributed by atoms with Crippen LogP contribution in [0.5, 0.6) is 5.75 Å². The number of hydrogen-bond acceptors (Lipinski definition) is 5. The molecule has 30 heavy (non-hydrogen) atoms. The molecule has 0 unspecified atom stereocenters. The number of nitrogens with two attached hydrogens (primary N) is 1. The molecule has 8 nitrogen and oxygen atoms in total. The van der Waals surface area contributed by atoms with Crippen molar-refractivity contribution < 1.29 is 14.3 Å². The van der Waals surface area contributed by atoms with Crippen LogP contribution in [0.25, 0.3) is 16.5 Å². The summed E-state index contributed by atoms with van der Waals surface area (Å²) in [6, 6.07) is 13.8. The van der Waals surface area contributed by atoms with Gasteiger partial charge in [-0.05, 0) is 43.2 Å². The van der Waals surface area contributed by atoms with Crippen molar-refractivity contribution in [1.82, 2.24) is 14.7 Å². The van der Waals surface area contributed by atoms with E-state index in [1.807, 2.05) is 0 Å². The third kappa shape index (κ3) is 3.52. The summed E-state index contributed by atoms with van der Waals surface area (Å²) in [6.45, 7) is 0.841. The molecule has 3 aromatic rings. The van der Waals surface area contributed by atoms with E-state index in [-0.39, 0.29) is 29.0 Å². The predicted molar refractivity (Wildman–Crippen MR) is 112 cm³/mol. The number of fused-ring (bicyclic) bond motifs is 1. The van der Waals surface area contributed by atoms with Gasteiger partial charge in [0.25, 0.3) is 11.5 Å². The normalized spacial score (nSPS) is 14.6. The SMILES string of the molecule is COc1ccc(-n2nc(C(=O)N3CCC(C(N)=O)CC3)c3ccccc3c2=O)cc1. The van der Waals surface area contributed by atoms with Gasteiger partial charge in [-0.1, -0.05) is 18.2 Å². The largest absolute Gasteiger partial charge is 0.497 e. The predicted octanol–water partition coefficient (Wildman–Crippen LogP) is 1.73. The molecule has 0 spiro atoms. The van der Waals surface area contributed by atoms with Crippen LogP contribution >= 0.6 is 0 Å². The Morgan fingerprint density at radius 1 is 1.03 bits per heavy atom. The summed E-state index contributed by atoms with van der Waals surface area (Å²) in [5.41, 5.74) is 5.83. The Labute approximate surface area is 172 Å². The third-order valence-electron chi connectivity index (χ3n) is 5.51. The van der Waals surface area contributed by atoms with Crippen LogP contribution in [0.3, 0.4) is 0 Å². The maximum Gasteiger partial charge on any atom is 0.279 e. The molecule has 1 saturated heterocycles. The molecule has 8 heteroatoms. The minimum Gasteiger partial charge on any atom is -0.497 e. The van der Waals surface area contributed by atoms with Gasteiger partial charge in [-0.15, -0.1) is 0 Å². The van der Waals surface area contributed by atoms with Crippen LogP contribution in [-0.2, 0) is 4.79 Å². The first-order valence-electron chi connectivity index (χ1n) is 9.74. The number of piperidine rings is 1. The first-order chi connectivity index (χ1) is 14.5. The first kappa shape index (κ1) is 19.6. The molecule has 4 rings (SSSR count). The molecule has 2 aromatic carbocycles. The number of rotatable bonds is 4. The number of primary amides is 1. The number of amides is 2. The monoisotopic (exact) mass is 406 g/mol. The molecule has 1 aliphatic heterocycles. The number of ether oxygens (including phenoxy) is 1. The number of carbonyl (C=O) groups is 2. The maximum atomic E-state index is 13.3. The van der Waals surface area contributed by atoms with Gasteiger partial charge in [0.15, 0.2) is 5.69 Å². The van der Waals surface area contributed by atoms with Gasteiger partial charge in [0.05, 0.1) is 18.2 Å². The number of nitrogens with zero attached hydrogens (tertiary/aromatic N) is 3. The van der Waals surface area contributed by atoms with Crippen LogP contribution < -0.4 is 16.0 Å². The van der Waals surface area contributed by atoms with Crippen molar-refractivity contribution in [3.05, 3.63) is 64.6 Å². The number of likely N-dealkylation sites (tertiary alicyclic amines) is 1. The Morgan fingerprint density at radius 3 is 2.27 bits per heavy atom. The van der Waals surface area contributed by atoms with E-state index < -0.39 is 0 Å². The molecule has 1 aliphatic rings. The fraction of sp³-hybridized carbons (Fsp3) is 0.273. The Morgan fingerprint density at radius 2 is 1.67 bits per heavy atom. The average Bonchev–Trinajstić information content (AvgIpc) is 2.79. The zero-order valence-corrected chi connectivity index (χ0v) is 16.6. The van der Waals surface area contributed by atoms with Crippen molar-refractivity contribution >= 4 is 22.6 Å². The van der Waals surface area contributed by atoms with Crippen LogP contribution in [0.15, 0.2) is 53.3 Å². The lowest BCUT2D eigenvalue weighted by Crippen LogP contribution is -2.42. The molecule has 0 bridgehead atoms. The number of methoxy groups -OCH3 is 1. The molecule has 0 radical (unpaired) electrons. The first-order valence-corrected chi connectivity index (χ1v) is 9.74. The summed E-state index contributed by atoms with van der Waals surface area (Å²) in [4.78, 5) is 39.4. The smallest absolute Gasteiger partial charge is 0.279 e. The second-order valence-corrected chi connectivity index (χ2v) is 7.28. The van der Waals surface area contributed by atoms with Crippen molar-refractivity contribution in [2.45, 2.75) is 12.8 Å². The highest BCUT2D eigenvalue weighted by atomic mass is 16.5. The molecule has 2 heterocycles. The standard InChI is InChI=1S/C22H22N4O4/c1-30-16-8-6-15(7-9-16)26-21(28)18-5-3-2-4-17(18)19(24-26)22(29)25-12-10-14(11-13-25)20(23)27/h2-9,14H,10-13H2,1H3,(H2,23,27). The van der Waals surface area contributed by atoms with E-state index in [2.05, 4.69) is 5.10 Å². The quantitative estimate of drug-likeness (QED) is 0.710. The fourth-order valence-corrected chi connectivity index (χ4v) is 3.76. The van der Waals surface area contributed by atoms with Crippen molar-refractivity contribution in [2.24, 2.45) is 11.7 Å². The van der Waals surface area contributed by atoms with Crippen molar-refractivity contribution in [3.63, 3.8) is 0 Å². The number of aromatic nitrogens is 2. The molecule has 0 saturated carbocycles. The number of carbonyl (C=O) groups excluding carboxylic acids is 2. The van der Waals surface area contributed by atoms with Crippen LogP contribution in [0, 0.1) is 5.92 Å². The molecule has 1 aromatic heterocycles. The highest BCUT2D eigenvalue weighted by Crippen LogP contribution is 2.22. The molecule has 0 aliphatic carbocycles. The van der Waals surface area contributed by atoms with Gasteiger partial charge in [0, 0.05) is 24.4 Å². The van der Waals surface area contributed by atoms with E-state index in [9.17, 15) is 14.4 Å². The summed E-state index contributed by atoms with van der Waals surface area (Å²) in [5, 5.41) is 5.36. The molecule has 154 valence electrons. The van der Waals surface area contributed by atoms with Gasteiger partial charge in [0.2, 0.25) is 5.91 Å². The third-order valence-corrected chi connectivity index (χ3v) is 5.51. The highest BCUT2D eigenvalue weighted by molar-refractivity contribution is 6.05. The highest BCUT2D eigenvalue weighted by Gasteiger charge is 2.28. The summed E-state index contributed by atoms with van der Waals surface area (Å²) in [5.74, 6) is -0.164. The topological polar surface area (TPSA) is 108 Å². The molecule has 2 amide bonds. The van der Waals surface area contributed by atoms with Crippen molar-refractivity contribution in [1.29, 1.82) is 0 Å². The Hall–Kier alpha value is -3.68. The van der Waals surface area contributed by atoms with E-state index >= 15 is 0 Å². The summed E-state index contributed by atoms with van der Waals surface area (Å²) < 4.78 is 6.41. The zero-order chi connectivity index (χ0) is 21.3. The van der Waals surface area contributed by atoms with Gasteiger partial charge in [-0.3, -0.25) is 14.4 Å². The van der Waals surface area contributed by atoms with E-state index in [0.717, 1.165) is 0 Å². The van der Waals surface area contributed by atoms with Gasteiger partial charge < -0.3 is 15.4 Å². The summed E-state index contributed by atoms with van der Waals surface area (Å²) in [7, 11) is 1.56. The lowest BCUT2D eigenvalue weighted by molar-refractivity contribution is -0.123. The van der Waals surface area contributed by atoms with Crippen LogP contribution in [0.1, 0.15) is 23.3 Å². The Balaban J connectivity index is 1.77. The van der Waals surface area contributed by atoms with Crippen LogP contribution in [0.2, 0.25) is 0 Å². The molecule has 1 fully saturated rings. The zero-order valence-electron chi connectivity index (χ0n) is 16.6. The summed E-state index contributed by atoms with van der Waals surface area (Å²) >= 11 is 0.